The van der Waals surface area contributed by atoms with Crippen molar-refractivity contribution in [2.24, 2.45) is 0 Å². The van der Waals surface area contributed by atoms with E-state index in [4.69, 9.17) is 4.74 Å². The van der Waals surface area contributed by atoms with E-state index in [9.17, 15) is 18.0 Å². The van der Waals surface area contributed by atoms with E-state index in [1.807, 2.05) is 0 Å². The molecule has 0 aliphatic heterocycles. The van der Waals surface area contributed by atoms with Crippen molar-refractivity contribution in [3.05, 3.63) is 59.9 Å². The maximum absolute atomic E-state index is 13.2. The van der Waals surface area contributed by atoms with Gasteiger partial charge in [0, 0.05) is 0 Å². The predicted molar refractivity (Wildman–Crippen MR) is 86.7 cm³/mol. The monoisotopic (exact) mass is 348 g/mol. The van der Waals surface area contributed by atoms with E-state index in [-0.39, 0.29) is 24.5 Å². The second-order valence-corrected chi connectivity index (χ2v) is 5.47. The highest BCUT2D eigenvalue weighted by molar-refractivity contribution is 5.96. The molecule has 7 heteroatoms. The smallest absolute Gasteiger partial charge is 0.449 e. The molecule has 0 atom stereocenters. The molecule has 1 aromatic heterocycles. The molecule has 0 amide bonds. The Morgan fingerprint density at radius 1 is 1.12 bits per heavy atom. The molecule has 130 valence electrons. The van der Waals surface area contributed by atoms with Crippen LogP contribution in [0.15, 0.2) is 48.5 Å². The van der Waals surface area contributed by atoms with E-state index < -0.39 is 12.0 Å². The summed E-state index contributed by atoms with van der Waals surface area (Å²) in [6.07, 6.45) is -4.56. The number of imidazole rings is 1. The van der Waals surface area contributed by atoms with Crippen LogP contribution in [-0.4, -0.2) is 21.9 Å². The highest BCUT2D eigenvalue weighted by Crippen LogP contribution is 2.31. The van der Waals surface area contributed by atoms with Gasteiger partial charge in [0.2, 0.25) is 5.82 Å². The Balaban J connectivity index is 1.86. The van der Waals surface area contributed by atoms with Crippen LogP contribution in [-0.2, 0) is 12.7 Å². The molecule has 0 unspecified atom stereocenters. The Kier molecular flexibility index (Phi) is 4.48. The first kappa shape index (κ1) is 17.0. The molecule has 0 fully saturated rings. The molecule has 1 heterocycles. The summed E-state index contributed by atoms with van der Waals surface area (Å²) in [5.74, 6) is -0.773. The van der Waals surface area contributed by atoms with Gasteiger partial charge in [0.25, 0.3) is 0 Å². The largest absolute Gasteiger partial charge is 0.491 e. The first-order valence-corrected chi connectivity index (χ1v) is 7.63. The van der Waals surface area contributed by atoms with Crippen LogP contribution in [0.4, 0.5) is 13.2 Å². The van der Waals surface area contributed by atoms with E-state index in [1.54, 1.807) is 42.5 Å². The molecule has 25 heavy (non-hydrogen) atoms. The van der Waals surface area contributed by atoms with Crippen LogP contribution < -0.4 is 4.74 Å². The van der Waals surface area contributed by atoms with Crippen LogP contribution in [0, 0.1) is 0 Å². The summed E-state index contributed by atoms with van der Waals surface area (Å²) in [6, 6.07) is 13.1. The zero-order valence-corrected chi connectivity index (χ0v) is 13.4. The number of carbonyl (C=O) groups is 1. The van der Waals surface area contributed by atoms with Crippen molar-refractivity contribution in [1.82, 2.24) is 9.55 Å². The van der Waals surface area contributed by atoms with E-state index in [0.717, 1.165) is 4.57 Å². The number of ether oxygens (including phenoxy) is 1. The topological polar surface area (TPSA) is 44.1 Å². The average Bonchev–Trinajstić information content (AvgIpc) is 2.94. The number of benzene rings is 2. The van der Waals surface area contributed by atoms with Gasteiger partial charge in [0.1, 0.15) is 12.4 Å². The number of ketones is 1. The van der Waals surface area contributed by atoms with Crippen molar-refractivity contribution in [3.8, 4) is 5.75 Å². The van der Waals surface area contributed by atoms with E-state index in [2.05, 4.69) is 4.98 Å². The number of fused-ring (bicyclic) bond motifs is 1. The van der Waals surface area contributed by atoms with Gasteiger partial charge in [-0.05, 0) is 31.2 Å². The normalized spacial score (nSPS) is 11.7. The first-order chi connectivity index (χ1) is 11.9. The number of para-hydroxylation sites is 3. The zero-order valence-electron chi connectivity index (χ0n) is 13.4. The second-order valence-electron chi connectivity index (χ2n) is 5.47. The van der Waals surface area contributed by atoms with Crippen LogP contribution in [0.25, 0.3) is 11.0 Å². The molecule has 0 N–H and O–H groups in total. The number of rotatable bonds is 5. The van der Waals surface area contributed by atoms with E-state index in [1.165, 1.54) is 13.0 Å². The number of aromatic nitrogens is 2. The third-order valence-corrected chi connectivity index (χ3v) is 3.75. The highest BCUT2D eigenvalue weighted by atomic mass is 19.4. The van der Waals surface area contributed by atoms with Gasteiger partial charge in [-0.2, -0.15) is 13.2 Å². The molecule has 3 aromatic rings. The molecule has 0 spiro atoms. The number of hydrogen-bond acceptors (Lipinski definition) is 3. The quantitative estimate of drug-likeness (QED) is 0.645. The molecule has 0 aliphatic rings. The number of Topliss-reactive ketones (excluding diaryl/α,β-unsaturated/α-hetero) is 1. The van der Waals surface area contributed by atoms with Gasteiger partial charge < -0.3 is 9.30 Å². The summed E-state index contributed by atoms with van der Waals surface area (Å²) in [7, 11) is 0. The number of carbonyl (C=O) groups excluding carboxylic acids is 1. The van der Waals surface area contributed by atoms with Crippen LogP contribution in [0.5, 0.6) is 5.75 Å². The molecule has 0 radical (unpaired) electrons. The van der Waals surface area contributed by atoms with Crippen LogP contribution in [0.2, 0.25) is 0 Å². The van der Waals surface area contributed by atoms with Crippen molar-refractivity contribution in [2.75, 3.05) is 6.61 Å². The fraction of sp³-hybridized carbons (Fsp3) is 0.222. The molecule has 2 aromatic carbocycles. The van der Waals surface area contributed by atoms with Crippen molar-refractivity contribution in [2.45, 2.75) is 19.6 Å². The van der Waals surface area contributed by atoms with Gasteiger partial charge in [-0.3, -0.25) is 4.79 Å². The maximum Gasteiger partial charge on any atom is 0.449 e. The second kappa shape index (κ2) is 6.58. The highest BCUT2D eigenvalue weighted by Gasteiger charge is 2.37. The van der Waals surface area contributed by atoms with Gasteiger partial charge in [0.15, 0.2) is 5.78 Å². The van der Waals surface area contributed by atoms with Crippen molar-refractivity contribution < 1.29 is 22.7 Å². The fourth-order valence-corrected chi connectivity index (χ4v) is 2.65. The van der Waals surface area contributed by atoms with Crippen LogP contribution in [0.3, 0.4) is 0 Å². The summed E-state index contributed by atoms with van der Waals surface area (Å²) < 4.78 is 46.4. The Morgan fingerprint density at radius 3 is 2.52 bits per heavy atom. The van der Waals surface area contributed by atoms with Crippen LogP contribution >= 0.6 is 0 Å². The lowest BCUT2D eigenvalue weighted by molar-refractivity contribution is -0.147. The van der Waals surface area contributed by atoms with E-state index in [0.29, 0.717) is 16.8 Å². The van der Waals surface area contributed by atoms with Crippen molar-refractivity contribution in [1.29, 1.82) is 0 Å². The molecule has 0 saturated carbocycles. The van der Waals surface area contributed by atoms with Crippen molar-refractivity contribution in [3.63, 3.8) is 0 Å². The van der Waals surface area contributed by atoms with Crippen molar-refractivity contribution >= 4 is 16.8 Å². The Bertz CT molecular complexity index is 916. The third-order valence-electron chi connectivity index (χ3n) is 3.75. The van der Waals surface area contributed by atoms with Gasteiger partial charge >= 0.3 is 6.18 Å². The molecule has 0 bridgehead atoms. The number of alkyl halides is 3. The third kappa shape index (κ3) is 3.50. The molecular weight excluding hydrogens is 333 g/mol. The lowest BCUT2D eigenvalue weighted by atomic mass is 10.1. The lowest BCUT2D eigenvalue weighted by Gasteiger charge is -2.13. The Labute approximate surface area is 141 Å². The summed E-state index contributed by atoms with van der Waals surface area (Å²) >= 11 is 0. The Morgan fingerprint density at radius 2 is 1.80 bits per heavy atom. The summed E-state index contributed by atoms with van der Waals surface area (Å²) in [4.78, 5) is 15.3. The minimum absolute atomic E-state index is 0.0201. The maximum atomic E-state index is 13.2. The van der Waals surface area contributed by atoms with Gasteiger partial charge in [-0.1, -0.05) is 24.3 Å². The minimum atomic E-state index is -4.56. The van der Waals surface area contributed by atoms with Crippen LogP contribution in [0.1, 0.15) is 23.1 Å². The first-order valence-electron chi connectivity index (χ1n) is 7.63. The molecular formula is C18H15F3N2O2. The standard InChI is InChI=1S/C18H15F3N2O2/c1-12(24)13-6-2-5-9-16(13)25-11-10-23-15-8-4-3-7-14(15)22-17(23)18(19,20)21/h2-9H,10-11H2,1H3. The predicted octanol–water partition coefficient (Wildman–Crippen LogP) is 4.34. The Hall–Kier alpha value is -2.83. The zero-order chi connectivity index (χ0) is 18.0. The molecule has 4 nitrogen and oxygen atoms in total. The fourth-order valence-electron chi connectivity index (χ4n) is 2.65. The number of hydrogen-bond donors (Lipinski definition) is 0. The lowest BCUT2D eigenvalue weighted by Crippen LogP contribution is -2.18. The number of halogens is 3. The average molecular weight is 348 g/mol. The molecule has 0 aliphatic carbocycles. The minimum Gasteiger partial charge on any atom is -0.491 e. The van der Waals surface area contributed by atoms with Gasteiger partial charge in [-0.15, -0.1) is 0 Å². The van der Waals surface area contributed by atoms with Gasteiger partial charge in [0.05, 0.1) is 23.1 Å². The summed E-state index contributed by atoms with van der Waals surface area (Å²) in [5, 5.41) is 0. The van der Waals surface area contributed by atoms with E-state index >= 15 is 0 Å². The molecule has 3 rings (SSSR count). The number of nitrogens with zero attached hydrogens (tertiary/aromatic N) is 2. The molecule has 0 saturated heterocycles. The summed E-state index contributed by atoms with van der Waals surface area (Å²) in [5.41, 5.74) is 1.06. The SMILES string of the molecule is CC(=O)c1ccccc1OCCn1c(C(F)(F)F)nc2ccccc21. The summed E-state index contributed by atoms with van der Waals surface area (Å²) in [6.45, 7) is 1.35. The van der Waals surface area contributed by atoms with Gasteiger partial charge in [-0.25, -0.2) is 4.98 Å².